The maximum atomic E-state index is 12.0. The molecule has 26 heavy (non-hydrogen) atoms. The maximum absolute atomic E-state index is 12.0. The zero-order valence-electron chi connectivity index (χ0n) is 14.2. The SMILES string of the molecule is CCOC(=O)C1(O)CC(O)C(O)C(OC(=O)C=Cc2ccc(O)cc2)C1. The molecule has 1 saturated carbocycles. The van der Waals surface area contributed by atoms with Crippen LogP contribution in [-0.4, -0.2) is 62.9 Å². The summed E-state index contributed by atoms with van der Waals surface area (Å²) in [6.07, 6.45) is -2.42. The number of carbonyl (C=O) groups is 2. The zero-order chi connectivity index (χ0) is 19.3. The number of phenolic OH excluding ortho intramolecular Hbond substituents is 1. The van der Waals surface area contributed by atoms with Crippen molar-refractivity contribution in [2.24, 2.45) is 0 Å². The molecule has 4 N–H and O–H groups in total. The highest BCUT2D eigenvalue weighted by molar-refractivity contribution is 5.87. The minimum Gasteiger partial charge on any atom is -0.508 e. The monoisotopic (exact) mass is 366 g/mol. The van der Waals surface area contributed by atoms with Crippen molar-refractivity contribution in [1.82, 2.24) is 0 Å². The summed E-state index contributed by atoms with van der Waals surface area (Å²) in [6, 6.07) is 6.06. The Balaban J connectivity index is 2.04. The van der Waals surface area contributed by atoms with Crippen LogP contribution in [0.25, 0.3) is 6.08 Å². The molecule has 0 radical (unpaired) electrons. The standard InChI is InChI=1S/C18H22O8/c1-2-25-17(23)18(24)9-13(20)16(22)14(10-18)26-15(21)8-5-11-3-6-12(19)7-4-11/h3-8,13-14,16,19-20,22,24H,2,9-10H2,1H3. The van der Waals surface area contributed by atoms with Gasteiger partial charge in [0.1, 0.15) is 18.0 Å². The first-order valence-electron chi connectivity index (χ1n) is 8.18. The van der Waals surface area contributed by atoms with Crippen molar-refractivity contribution in [3.8, 4) is 5.75 Å². The van der Waals surface area contributed by atoms with Gasteiger partial charge < -0.3 is 29.9 Å². The van der Waals surface area contributed by atoms with E-state index in [0.29, 0.717) is 5.56 Å². The summed E-state index contributed by atoms with van der Waals surface area (Å²) in [5.74, 6) is -1.67. The Morgan fingerprint density at radius 3 is 2.50 bits per heavy atom. The third-order valence-corrected chi connectivity index (χ3v) is 4.09. The summed E-state index contributed by atoms with van der Waals surface area (Å²) in [5.41, 5.74) is -1.41. The fourth-order valence-electron chi connectivity index (χ4n) is 2.73. The molecule has 2 rings (SSSR count). The molecule has 142 valence electrons. The molecular formula is C18H22O8. The Morgan fingerprint density at radius 1 is 1.23 bits per heavy atom. The predicted molar refractivity (Wildman–Crippen MR) is 89.9 cm³/mol. The second kappa shape index (κ2) is 8.31. The number of benzene rings is 1. The van der Waals surface area contributed by atoms with Gasteiger partial charge in [-0.05, 0) is 30.7 Å². The van der Waals surface area contributed by atoms with Gasteiger partial charge in [0.15, 0.2) is 5.60 Å². The van der Waals surface area contributed by atoms with E-state index in [1.807, 2.05) is 0 Å². The molecule has 0 bridgehead atoms. The van der Waals surface area contributed by atoms with E-state index in [1.54, 1.807) is 19.1 Å². The smallest absolute Gasteiger partial charge is 0.338 e. The van der Waals surface area contributed by atoms with Gasteiger partial charge >= 0.3 is 11.9 Å². The van der Waals surface area contributed by atoms with E-state index < -0.39 is 42.3 Å². The molecule has 0 aliphatic heterocycles. The van der Waals surface area contributed by atoms with Crippen molar-refractivity contribution in [3.63, 3.8) is 0 Å². The van der Waals surface area contributed by atoms with Gasteiger partial charge in [-0.2, -0.15) is 0 Å². The Morgan fingerprint density at radius 2 is 1.88 bits per heavy atom. The third-order valence-electron chi connectivity index (χ3n) is 4.09. The molecule has 4 atom stereocenters. The minimum absolute atomic E-state index is 0.0413. The fraction of sp³-hybridized carbons (Fsp3) is 0.444. The van der Waals surface area contributed by atoms with Crippen LogP contribution in [0.4, 0.5) is 0 Å². The van der Waals surface area contributed by atoms with Crippen LogP contribution in [0.5, 0.6) is 5.75 Å². The van der Waals surface area contributed by atoms with Crippen molar-refractivity contribution < 1.29 is 39.5 Å². The number of carbonyl (C=O) groups excluding carboxylic acids is 2. The average molecular weight is 366 g/mol. The molecule has 1 aromatic rings. The first kappa shape index (κ1) is 19.9. The number of rotatable bonds is 5. The molecule has 8 nitrogen and oxygen atoms in total. The Bertz CT molecular complexity index is 668. The van der Waals surface area contributed by atoms with Gasteiger partial charge in [0.25, 0.3) is 0 Å². The molecule has 1 aromatic carbocycles. The first-order valence-corrected chi connectivity index (χ1v) is 8.18. The Kier molecular flexibility index (Phi) is 6.36. The maximum Gasteiger partial charge on any atom is 0.338 e. The van der Waals surface area contributed by atoms with Crippen LogP contribution < -0.4 is 0 Å². The van der Waals surface area contributed by atoms with Crippen LogP contribution >= 0.6 is 0 Å². The lowest BCUT2D eigenvalue weighted by Crippen LogP contribution is -2.57. The van der Waals surface area contributed by atoms with E-state index in [0.717, 1.165) is 6.08 Å². The molecule has 1 fully saturated rings. The van der Waals surface area contributed by atoms with Gasteiger partial charge in [-0.15, -0.1) is 0 Å². The Labute approximate surface area is 150 Å². The van der Waals surface area contributed by atoms with Crippen LogP contribution in [0.3, 0.4) is 0 Å². The number of aliphatic hydroxyl groups excluding tert-OH is 2. The molecule has 0 aromatic heterocycles. The molecular weight excluding hydrogens is 344 g/mol. The number of ether oxygens (including phenoxy) is 2. The van der Waals surface area contributed by atoms with Gasteiger partial charge in [-0.1, -0.05) is 12.1 Å². The average Bonchev–Trinajstić information content (AvgIpc) is 2.59. The topological polar surface area (TPSA) is 134 Å². The largest absolute Gasteiger partial charge is 0.508 e. The molecule has 0 spiro atoms. The summed E-state index contributed by atoms with van der Waals surface area (Å²) >= 11 is 0. The van der Waals surface area contributed by atoms with Crippen LogP contribution in [0.2, 0.25) is 0 Å². The Hall–Kier alpha value is -2.42. The molecule has 1 aliphatic carbocycles. The third kappa shape index (κ3) is 4.81. The van der Waals surface area contributed by atoms with E-state index in [2.05, 4.69) is 0 Å². The highest BCUT2D eigenvalue weighted by Crippen LogP contribution is 2.32. The summed E-state index contributed by atoms with van der Waals surface area (Å²) in [7, 11) is 0. The second-order valence-electron chi connectivity index (χ2n) is 6.12. The molecule has 1 aliphatic rings. The number of aromatic hydroxyl groups is 1. The minimum atomic E-state index is -2.04. The van der Waals surface area contributed by atoms with Gasteiger partial charge in [0.2, 0.25) is 0 Å². The zero-order valence-corrected chi connectivity index (χ0v) is 14.2. The molecule has 0 amide bonds. The van der Waals surface area contributed by atoms with Crippen molar-refractivity contribution in [1.29, 1.82) is 0 Å². The van der Waals surface area contributed by atoms with Gasteiger partial charge in [0, 0.05) is 18.9 Å². The van der Waals surface area contributed by atoms with Crippen LogP contribution in [-0.2, 0) is 19.1 Å². The van der Waals surface area contributed by atoms with Crippen LogP contribution in [0.1, 0.15) is 25.3 Å². The summed E-state index contributed by atoms with van der Waals surface area (Å²) in [4.78, 5) is 23.9. The van der Waals surface area contributed by atoms with Crippen molar-refractivity contribution in [2.45, 2.75) is 43.7 Å². The first-order chi connectivity index (χ1) is 12.2. The summed E-state index contributed by atoms with van der Waals surface area (Å²) in [6.45, 7) is 1.61. The lowest BCUT2D eigenvalue weighted by atomic mass is 9.79. The molecule has 0 heterocycles. The van der Waals surface area contributed by atoms with E-state index in [4.69, 9.17) is 9.47 Å². The molecule has 8 heteroatoms. The van der Waals surface area contributed by atoms with Crippen LogP contribution in [0, 0.1) is 0 Å². The predicted octanol–water partition coefficient (Wildman–Crippen LogP) is 0.127. The number of phenols is 1. The van der Waals surface area contributed by atoms with E-state index in [9.17, 15) is 30.0 Å². The number of esters is 2. The van der Waals surface area contributed by atoms with E-state index in [1.165, 1.54) is 18.2 Å². The normalized spacial score (nSPS) is 28.7. The quantitative estimate of drug-likeness (QED) is 0.427. The summed E-state index contributed by atoms with van der Waals surface area (Å²) < 4.78 is 9.87. The van der Waals surface area contributed by atoms with Crippen molar-refractivity contribution >= 4 is 18.0 Å². The van der Waals surface area contributed by atoms with Gasteiger partial charge in [-0.3, -0.25) is 0 Å². The van der Waals surface area contributed by atoms with Gasteiger partial charge in [-0.25, -0.2) is 9.59 Å². The molecule has 4 unspecified atom stereocenters. The van der Waals surface area contributed by atoms with Crippen LogP contribution in [0.15, 0.2) is 30.3 Å². The number of aliphatic hydroxyl groups is 3. The van der Waals surface area contributed by atoms with Gasteiger partial charge in [0.05, 0.1) is 12.7 Å². The highest BCUT2D eigenvalue weighted by atomic mass is 16.6. The highest BCUT2D eigenvalue weighted by Gasteiger charge is 2.51. The number of hydrogen-bond acceptors (Lipinski definition) is 8. The lowest BCUT2D eigenvalue weighted by molar-refractivity contribution is -0.199. The summed E-state index contributed by atoms with van der Waals surface area (Å²) in [5, 5.41) is 39.5. The second-order valence-corrected chi connectivity index (χ2v) is 6.12. The fourth-order valence-corrected chi connectivity index (χ4v) is 2.73. The molecule has 0 saturated heterocycles. The van der Waals surface area contributed by atoms with E-state index in [-0.39, 0.29) is 18.8 Å². The van der Waals surface area contributed by atoms with Crippen molar-refractivity contribution in [2.75, 3.05) is 6.61 Å². The number of hydrogen-bond donors (Lipinski definition) is 4. The lowest BCUT2D eigenvalue weighted by Gasteiger charge is -2.39. The van der Waals surface area contributed by atoms with E-state index >= 15 is 0 Å². The van der Waals surface area contributed by atoms with Crippen molar-refractivity contribution in [3.05, 3.63) is 35.9 Å².